The van der Waals surface area contributed by atoms with E-state index in [9.17, 15) is 4.79 Å². The molecule has 0 bridgehead atoms. The Hall–Kier alpha value is -2.37. The molecule has 0 aliphatic heterocycles. The summed E-state index contributed by atoms with van der Waals surface area (Å²) < 4.78 is 7.66. The number of nitrogens with one attached hydrogen (secondary N) is 1. The molecule has 26 heavy (non-hydrogen) atoms. The standard InChI is InChI=1S/C20H22ClN3O2/c1-2-26-14-13-24-18-6-4-3-5-17(18)23-19(24)11-12-22-20(25)15-7-9-16(21)10-8-15/h3-10H,2,11-14H2,1H3,(H,22,25). The number of hydrogen-bond donors (Lipinski definition) is 1. The van der Waals surface area contributed by atoms with Crippen molar-refractivity contribution in [2.24, 2.45) is 0 Å². The number of aromatic nitrogens is 2. The van der Waals surface area contributed by atoms with Gasteiger partial charge in [-0.25, -0.2) is 4.98 Å². The van der Waals surface area contributed by atoms with Crippen LogP contribution in [0.5, 0.6) is 0 Å². The van der Waals surface area contributed by atoms with E-state index >= 15 is 0 Å². The van der Waals surface area contributed by atoms with Gasteiger partial charge in [-0.05, 0) is 43.3 Å². The van der Waals surface area contributed by atoms with Gasteiger partial charge in [0.15, 0.2) is 0 Å². The minimum Gasteiger partial charge on any atom is -0.380 e. The van der Waals surface area contributed by atoms with E-state index in [1.54, 1.807) is 24.3 Å². The van der Waals surface area contributed by atoms with Gasteiger partial charge in [0.1, 0.15) is 5.82 Å². The number of rotatable bonds is 8. The summed E-state index contributed by atoms with van der Waals surface area (Å²) in [6.07, 6.45) is 0.653. The lowest BCUT2D eigenvalue weighted by atomic mass is 10.2. The molecule has 0 unspecified atom stereocenters. The molecule has 6 heteroatoms. The lowest BCUT2D eigenvalue weighted by Crippen LogP contribution is -2.26. The SMILES string of the molecule is CCOCCn1c(CCNC(=O)c2ccc(Cl)cc2)nc2ccccc21. The molecule has 136 valence electrons. The van der Waals surface area contributed by atoms with Gasteiger partial charge in [-0.3, -0.25) is 4.79 Å². The Morgan fingerprint density at radius 3 is 2.73 bits per heavy atom. The Bertz CT molecular complexity index is 874. The Balaban J connectivity index is 1.66. The molecule has 0 aliphatic rings. The van der Waals surface area contributed by atoms with Crippen LogP contribution in [-0.2, 0) is 17.7 Å². The number of para-hydroxylation sites is 2. The predicted octanol–water partition coefficient (Wildman–Crippen LogP) is 3.70. The van der Waals surface area contributed by atoms with Gasteiger partial charge in [0.05, 0.1) is 17.6 Å². The first-order chi connectivity index (χ1) is 12.7. The summed E-state index contributed by atoms with van der Waals surface area (Å²) >= 11 is 5.86. The number of nitrogens with zero attached hydrogens (tertiary/aromatic N) is 2. The molecule has 0 aliphatic carbocycles. The summed E-state index contributed by atoms with van der Waals surface area (Å²) in [6, 6.07) is 14.9. The fourth-order valence-corrected chi connectivity index (χ4v) is 2.98. The van der Waals surface area contributed by atoms with Gasteiger partial charge in [0, 0.05) is 36.7 Å². The maximum atomic E-state index is 12.2. The first-order valence-corrected chi connectivity index (χ1v) is 9.12. The van der Waals surface area contributed by atoms with Crippen LogP contribution in [0.15, 0.2) is 48.5 Å². The van der Waals surface area contributed by atoms with Crippen molar-refractivity contribution >= 4 is 28.5 Å². The Kier molecular flexibility index (Phi) is 6.26. The van der Waals surface area contributed by atoms with Crippen LogP contribution in [-0.4, -0.2) is 35.2 Å². The summed E-state index contributed by atoms with van der Waals surface area (Å²) in [5.74, 6) is 0.834. The maximum Gasteiger partial charge on any atom is 0.251 e. The number of halogens is 1. The minimum atomic E-state index is -0.112. The number of fused-ring (bicyclic) bond motifs is 1. The van der Waals surface area contributed by atoms with E-state index in [1.165, 1.54) is 0 Å². The first kappa shape index (κ1) is 18.4. The van der Waals surface area contributed by atoms with Crippen molar-refractivity contribution < 1.29 is 9.53 Å². The second-order valence-electron chi connectivity index (χ2n) is 5.88. The van der Waals surface area contributed by atoms with Gasteiger partial charge in [0.25, 0.3) is 5.91 Å². The van der Waals surface area contributed by atoms with Crippen molar-refractivity contribution in [3.8, 4) is 0 Å². The van der Waals surface area contributed by atoms with Crippen molar-refractivity contribution in [3.05, 3.63) is 64.9 Å². The highest BCUT2D eigenvalue weighted by Crippen LogP contribution is 2.16. The predicted molar refractivity (Wildman–Crippen MR) is 104 cm³/mol. The van der Waals surface area contributed by atoms with E-state index in [0.717, 1.165) is 23.4 Å². The molecule has 0 radical (unpaired) electrons. The Labute approximate surface area is 157 Å². The fraction of sp³-hybridized carbons (Fsp3) is 0.300. The summed E-state index contributed by atoms with van der Waals surface area (Å²) in [4.78, 5) is 16.9. The van der Waals surface area contributed by atoms with Crippen LogP contribution in [0, 0.1) is 0 Å². The van der Waals surface area contributed by atoms with Crippen molar-refractivity contribution in [2.45, 2.75) is 19.9 Å². The smallest absolute Gasteiger partial charge is 0.251 e. The summed E-state index contributed by atoms with van der Waals surface area (Å²) in [5, 5.41) is 3.55. The van der Waals surface area contributed by atoms with E-state index in [0.29, 0.717) is 36.8 Å². The molecular weight excluding hydrogens is 350 g/mol. The van der Waals surface area contributed by atoms with Crippen LogP contribution in [0.2, 0.25) is 5.02 Å². The van der Waals surface area contributed by atoms with Gasteiger partial charge in [-0.2, -0.15) is 0 Å². The maximum absolute atomic E-state index is 12.2. The second kappa shape index (κ2) is 8.83. The highest BCUT2D eigenvalue weighted by Gasteiger charge is 2.11. The van der Waals surface area contributed by atoms with Gasteiger partial charge in [-0.15, -0.1) is 0 Å². The van der Waals surface area contributed by atoms with E-state index in [1.807, 2.05) is 25.1 Å². The lowest BCUT2D eigenvalue weighted by molar-refractivity contribution is 0.0953. The molecule has 1 amide bonds. The third-order valence-corrected chi connectivity index (χ3v) is 4.39. The third kappa shape index (κ3) is 4.42. The molecule has 0 atom stereocenters. The zero-order valence-corrected chi connectivity index (χ0v) is 15.5. The van der Waals surface area contributed by atoms with Gasteiger partial charge in [0.2, 0.25) is 0 Å². The zero-order valence-electron chi connectivity index (χ0n) is 14.7. The number of carbonyl (C=O) groups excluding carboxylic acids is 1. The van der Waals surface area contributed by atoms with Crippen LogP contribution in [0.1, 0.15) is 23.1 Å². The molecule has 0 spiro atoms. The molecule has 3 aromatic rings. The molecular formula is C20H22ClN3O2. The molecule has 1 heterocycles. The quantitative estimate of drug-likeness (QED) is 0.614. The molecule has 2 aromatic carbocycles. The topological polar surface area (TPSA) is 56.1 Å². The Morgan fingerprint density at radius 1 is 1.19 bits per heavy atom. The zero-order chi connectivity index (χ0) is 18.4. The molecule has 0 saturated carbocycles. The average Bonchev–Trinajstić information content (AvgIpc) is 3.00. The molecule has 0 fully saturated rings. The molecule has 5 nitrogen and oxygen atoms in total. The number of ether oxygens (including phenoxy) is 1. The Morgan fingerprint density at radius 2 is 1.96 bits per heavy atom. The van der Waals surface area contributed by atoms with Crippen LogP contribution in [0.3, 0.4) is 0 Å². The lowest BCUT2D eigenvalue weighted by Gasteiger charge is -2.10. The number of benzene rings is 2. The third-order valence-electron chi connectivity index (χ3n) is 4.14. The van der Waals surface area contributed by atoms with Crippen molar-refractivity contribution in [1.29, 1.82) is 0 Å². The number of carbonyl (C=O) groups is 1. The largest absolute Gasteiger partial charge is 0.380 e. The van der Waals surface area contributed by atoms with Crippen LogP contribution in [0.4, 0.5) is 0 Å². The van der Waals surface area contributed by atoms with Crippen LogP contribution < -0.4 is 5.32 Å². The molecule has 3 rings (SSSR count). The monoisotopic (exact) mass is 371 g/mol. The van der Waals surface area contributed by atoms with Crippen molar-refractivity contribution in [1.82, 2.24) is 14.9 Å². The minimum absolute atomic E-state index is 0.112. The van der Waals surface area contributed by atoms with E-state index in [-0.39, 0.29) is 5.91 Å². The van der Waals surface area contributed by atoms with Gasteiger partial charge >= 0.3 is 0 Å². The number of amides is 1. The molecule has 1 aromatic heterocycles. The average molecular weight is 372 g/mol. The first-order valence-electron chi connectivity index (χ1n) is 8.74. The summed E-state index contributed by atoms with van der Waals surface area (Å²) in [5.41, 5.74) is 2.65. The molecule has 0 saturated heterocycles. The summed E-state index contributed by atoms with van der Waals surface area (Å²) in [7, 11) is 0. The normalized spacial score (nSPS) is 11.0. The van der Waals surface area contributed by atoms with Gasteiger partial charge in [-0.1, -0.05) is 23.7 Å². The van der Waals surface area contributed by atoms with E-state index in [4.69, 9.17) is 21.3 Å². The highest BCUT2D eigenvalue weighted by molar-refractivity contribution is 6.30. The number of hydrogen-bond acceptors (Lipinski definition) is 3. The van der Waals surface area contributed by atoms with Crippen molar-refractivity contribution in [3.63, 3.8) is 0 Å². The van der Waals surface area contributed by atoms with Crippen LogP contribution in [0.25, 0.3) is 11.0 Å². The number of imidazole rings is 1. The van der Waals surface area contributed by atoms with Crippen molar-refractivity contribution in [2.75, 3.05) is 19.8 Å². The highest BCUT2D eigenvalue weighted by atomic mass is 35.5. The van der Waals surface area contributed by atoms with E-state index in [2.05, 4.69) is 16.0 Å². The van der Waals surface area contributed by atoms with Gasteiger partial charge < -0.3 is 14.6 Å². The fourth-order valence-electron chi connectivity index (χ4n) is 2.86. The van der Waals surface area contributed by atoms with E-state index < -0.39 is 0 Å². The molecule has 1 N–H and O–H groups in total. The second-order valence-corrected chi connectivity index (χ2v) is 6.31. The summed E-state index contributed by atoms with van der Waals surface area (Å²) in [6.45, 7) is 4.58. The van der Waals surface area contributed by atoms with Crippen LogP contribution >= 0.6 is 11.6 Å².